The number of rotatable bonds is 9. The third-order valence-electron chi connectivity index (χ3n) is 2.79. The lowest BCUT2D eigenvalue weighted by molar-refractivity contribution is -0.116. The minimum absolute atomic E-state index is 0.0664. The normalized spacial score (nSPS) is 10.4. The van der Waals surface area contributed by atoms with E-state index in [0.29, 0.717) is 13.0 Å². The van der Waals surface area contributed by atoms with Crippen molar-refractivity contribution in [1.82, 2.24) is 5.32 Å². The lowest BCUT2D eigenvalue weighted by Crippen LogP contribution is -2.13. The van der Waals surface area contributed by atoms with Gasteiger partial charge in [0.1, 0.15) is 0 Å². The number of hydrogen-bond acceptors (Lipinski definition) is 3. The number of unbranched alkanes of at least 4 members (excludes halogenated alkanes) is 1. The van der Waals surface area contributed by atoms with Crippen LogP contribution >= 0.6 is 0 Å². The van der Waals surface area contributed by atoms with Crippen LogP contribution in [0.25, 0.3) is 0 Å². The lowest BCUT2D eigenvalue weighted by Gasteiger charge is -2.08. The molecule has 4 heteroatoms. The fourth-order valence-electron chi connectivity index (χ4n) is 1.78. The first kappa shape index (κ1) is 15.7. The van der Waals surface area contributed by atoms with Crippen LogP contribution in [0.15, 0.2) is 24.3 Å². The monoisotopic (exact) mass is 264 g/mol. The Balaban J connectivity index is 2.36. The summed E-state index contributed by atoms with van der Waals surface area (Å²) in [7, 11) is 1.68. The van der Waals surface area contributed by atoms with Gasteiger partial charge in [0.25, 0.3) is 0 Å². The van der Waals surface area contributed by atoms with Crippen molar-refractivity contribution >= 4 is 11.6 Å². The molecule has 2 N–H and O–H groups in total. The molecule has 1 aromatic rings. The number of benzene rings is 1. The van der Waals surface area contributed by atoms with E-state index in [2.05, 4.69) is 23.6 Å². The average Bonchev–Trinajstić information content (AvgIpc) is 2.42. The zero-order valence-electron chi connectivity index (χ0n) is 11.9. The summed E-state index contributed by atoms with van der Waals surface area (Å²) in [6.07, 6.45) is 2.32. The number of carbonyl (C=O) groups is 1. The highest BCUT2D eigenvalue weighted by Gasteiger charge is 2.02. The highest BCUT2D eigenvalue weighted by Crippen LogP contribution is 2.11. The fraction of sp³-hybridized carbons (Fsp3) is 0.533. The highest BCUT2D eigenvalue weighted by molar-refractivity contribution is 5.90. The standard InChI is InChI=1S/C15H24N2O2/c1-3-16-12-13-7-6-8-14(11-13)17-15(18)9-4-5-10-19-2/h6-8,11,16H,3-5,9-10,12H2,1-2H3,(H,17,18). The van der Waals surface area contributed by atoms with E-state index in [1.54, 1.807) is 7.11 Å². The van der Waals surface area contributed by atoms with E-state index in [4.69, 9.17) is 4.74 Å². The molecule has 0 saturated heterocycles. The van der Waals surface area contributed by atoms with Crippen LogP contribution in [0.4, 0.5) is 5.69 Å². The second kappa shape index (κ2) is 9.53. The van der Waals surface area contributed by atoms with Crippen LogP contribution in [0.2, 0.25) is 0 Å². The fourth-order valence-corrected chi connectivity index (χ4v) is 1.78. The van der Waals surface area contributed by atoms with Gasteiger partial charge in [-0.2, -0.15) is 0 Å². The molecule has 106 valence electrons. The molecule has 0 aromatic heterocycles. The van der Waals surface area contributed by atoms with E-state index in [9.17, 15) is 4.79 Å². The van der Waals surface area contributed by atoms with Crippen LogP contribution < -0.4 is 10.6 Å². The molecule has 19 heavy (non-hydrogen) atoms. The molecule has 0 atom stereocenters. The van der Waals surface area contributed by atoms with E-state index in [1.807, 2.05) is 18.2 Å². The summed E-state index contributed by atoms with van der Waals surface area (Å²) in [5.74, 6) is 0.0664. The second-order valence-electron chi connectivity index (χ2n) is 4.48. The van der Waals surface area contributed by atoms with Gasteiger partial charge in [-0.05, 0) is 37.1 Å². The lowest BCUT2D eigenvalue weighted by atomic mass is 10.2. The van der Waals surface area contributed by atoms with E-state index < -0.39 is 0 Å². The van der Waals surface area contributed by atoms with Crippen LogP contribution in [0, 0.1) is 0 Å². The van der Waals surface area contributed by atoms with Crippen molar-refractivity contribution in [3.05, 3.63) is 29.8 Å². The zero-order valence-corrected chi connectivity index (χ0v) is 11.9. The van der Waals surface area contributed by atoms with E-state index in [1.165, 1.54) is 5.56 Å². The van der Waals surface area contributed by atoms with Crippen molar-refractivity contribution < 1.29 is 9.53 Å². The van der Waals surface area contributed by atoms with Crippen molar-refractivity contribution in [2.75, 3.05) is 25.6 Å². The number of methoxy groups -OCH3 is 1. The first-order valence-corrected chi connectivity index (χ1v) is 6.84. The molecule has 0 fully saturated rings. The largest absolute Gasteiger partial charge is 0.385 e. The molecule has 1 amide bonds. The molecule has 0 heterocycles. The number of ether oxygens (including phenoxy) is 1. The molecule has 0 radical (unpaired) electrons. The summed E-state index contributed by atoms with van der Waals surface area (Å²) >= 11 is 0. The van der Waals surface area contributed by atoms with Crippen LogP contribution in [-0.4, -0.2) is 26.2 Å². The zero-order chi connectivity index (χ0) is 13.9. The third-order valence-corrected chi connectivity index (χ3v) is 2.79. The van der Waals surface area contributed by atoms with Gasteiger partial charge in [0.05, 0.1) is 0 Å². The van der Waals surface area contributed by atoms with Crippen molar-refractivity contribution in [3.8, 4) is 0 Å². The molecule has 1 aromatic carbocycles. The Labute approximate surface area is 115 Å². The Kier molecular flexibility index (Phi) is 7.86. The van der Waals surface area contributed by atoms with Gasteiger partial charge in [-0.3, -0.25) is 4.79 Å². The van der Waals surface area contributed by atoms with Crippen molar-refractivity contribution in [2.45, 2.75) is 32.7 Å². The number of hydrogen-bond donors (Lipinski definition) is 2. The molecular weight excluding hydrogens is 240 g/mol. The molecule has 0 aliphatic carbocycles. The Hall–Kier alpha value is -1.39. The molecule has 0 saturated carbocycles. The molecule has 0 aliphatic rings. The summed E-state index contributed by atoms with van der Waals surface area (Å²) in [6.45, 7) is 4.56. The number of nitrogens with one attached hydrogen (secondary N) is 2. The van der Waals surface area contributed by atoms with E-state index >= 15 is 0 Å². The Bertz CT molecular complexity index is 380. The van der Waals surface area contributed by atoms with Gasteiger partial charge in [0.15, 0.2) is 0 Å². The maximum atomic E-state index is 11.7. The SMILES string of the molecule is CCNCc1cccc(NC(=O)CCCCOC)c1. The van der Waals surface area contributed by atoms with E-state index in [0.717, 1.165) is 31.6 Å². The number of carbonyl (C=O) groups excluding carboxylic acids is 1. The van der Waals surface area contributed by atoms with Gasteiger partial charge in [-0.15, -0.1) is 0 Å². The second-order valence-corrected chi connectivity index (χ2v) is 4.48. The van der Waals surface area contributed by atoms with Gasteiger partial charge in [0, 0.05) is 32.4 Å². The first-order valence-electron chi connectivity index (χ1n) is 6.84. The summed E-state index contributed by atoms with van der Waals surface area (Å²) < 4.78 is 4.96. The predicted molar refractivity (Wildman–Crippen MR) is 78.2 cm³/mol. The van der Waals surface area contributed by atoms with Gasteiger partial charge < -0.3 is 15.4 Å². The summed E-state index contributed by atoms with van der Waals surface area (Å²) in [6, 6.07) is 7.95. The minimum atomic E-state index is 0.0664. The molecule has 0 aliphatic heterocycles. The van der Waals surface area contributed by atoms with Crippen LogP contribution in [0.5, 0.6) is 0 Å². The molecular formula is C15H24N2O2. The van der Waals surface area contributed by atoms with Crippen molar-refractivity contribution in [3.63, 3.8) is 0 Å². The summed E-state index contributed by atoms with van der Waals surface area (Å²) in [5.41, 5.74) is 2.05. The van der Waals surface area contributed by atoms with Gasteiger partial charge >= 0.3 is 0 Å². The average molecular weight is 264 g/mol. The van der Waals surface area contributed by atoms with Gasteiger partial charge in [-0.1, -0.05) is 19.1 Å². The van der Waals surface area contributed by atoms with Crippen molar-refractivity contribution in [1.29, 1.82) is 0 Å². The summed E-state index contributed by atoms with van der Waals surface area (Å²) in [5, 5.41) is 6.19. The van der Waals surface area contributed by atoms with Gasteiger partial charge in [0.2, 0.25) is 5.91 Å². The van der Waals surface area contributed by atoms with Crippen LogP contribution in [0.3, 0.4) is 0 Å². The predicted octanol–water partition coefficient (Wildman–Crippen LogP) is 2.55. The maximum absolute atomic E-state index is 11.7. The number of amides is 1. The van der Waals surface area contributed by atoms with Crippen LogP contribution in [0.1, 0.15) is 31.7 Å². The molecule has 1 rings (SSSR count). The van der Waals surface area contributed by atoms with E-state index in [-0.39, 0.29) is 5.91 Å². The minimum Gasteiger partial charge on any atom is -0.385 e. The number of anilines is 1. The molecule has 0 unspecified atom stereocenters. The Morgan fingerprint density at radius 1 is 1.32 bits per heavy atom. The summed E-state index contributed by atoms with van der Waals surface area (Å²) in [4.78, 5) is 11.7. The quantitative estimate of drug-likeness (QED) is 0.674. The molecule has 4 nitrogen and oxygen atoms in total. The molecule has 0 spiro atoms. The molecule has 0 bridgehead atoms. The third kappa shape index (κ3) is 6.94. The van der Waals surface area contributed by atoms with Crippen LogP contribution in [-0.2, 0) is 16.1 Å². The maximum Gasteiger partial charge on any atom is 0.224 e. The first-order chi connectivity index (χ1) is 9.26. The Morgan fingerprint density at radius 3 is 2.89 bits per heavy atom. The smallest absolute Gasteiger partial charge is 0.224 e. The van der Waals surface area contributed by atoms with Gasteiger partial charge in [-0.25, -0.2) is 0 Å². The Morgan fingerprint density at radius 2 is 2.16 bits per heavy atom. The van der Waals surface area contributed by atoms with Crippen molar-refractivity contribution in [2.24, 2.45) is 0 Å². The topological polar surface area (TPSA) is 50.4 Å². The highest BCUT2D eigenvalue weighted by atomic mass is 16.5.